The van der Waals surface area contributed by atoms with E-state index in [1.165, 1.54) is 0 Å². The number of aliphatic hydroxyl groups is 2. The molecule has 2 unspecified atom stereocenters. The highest BCUT2D eigenvalue weighted by atomic mass is 16.5. The zero-order valence-corrected chi connectivity index (χ0v) is 8.35. The van der Waals surface area contributed by atoms with E-state index in [4.69, 9.17) is 21.3 Å². The van der Waals surface area contributed by atoms with Gasteiger partial charge in [-0.1, -0.05) is 0 Å². The molecule has 0 aromatic carbocycles. The Balaban J connectivity index is 3.61. The summed E-state index contributed by atoms with van der Waals surface area (Å²) in [5, 5.41) is 21.4. The molecule has 0 spiro atoms. The Morgan fingerprint density at radius 1 is 1.29 bits per heavy atom. The average Bonchev–Trinajstić information content (AvgIpc) is 2.19. The van der Waals surface area contributed by atoms with Crippen molar-refractivity contribution in [2.24, 2.45) is 11.5 Å². The van der Waals surface area contributed by atoms with Crippen molar-refractivity contribution in [1.29, 1.82) is 0 Å². The first kappa shape index (κ1) is 13.8. The van der Waals surface area contributed by atoms with Crippen LogP contribution < -0.4 is 16.8 Å². The minimum absolute atomic E-state index is 0.146. The molecule has 2 atom stereocenters. The van der Waals surface area contributed by atoms with Gasteiger partial charge < -0.3 is 31.7 Å². The molecule has 0 radical (unpaired) electrons. The fraction of sp³-hybridized carbons (Fsp3) is 1.00. The van der Waals surface area contributed by atoms with E-state index in [-0.39, 0.29) is 13.2 Å². The predicted molar refractivity (Wildman–Crippen MR) is 53.8 cm³/mol. The van der Waals surface area contributed by atoms with E-state index in [9.17, 15) is 5.11 Å². The summed E-state index contributed by atoms with van der Waals surface area (Å²) in [4.78, 5) is 0. The minimum atomic E-state index is -0.738. The van der Waals surface area contributed by atoms with Crippen LogP contribution in [0.15, 0.2) is 0 Å². The van der Waals surface area contributed by atoms with Crippen LogP contribution in [0.25, 0.3) is 0 Å². The third-order valence-electron chi connectivity index (χ3n) is 1.76. The van der Waals surface area contributed by atoms with Gasteiger partial charge in [0.05, 0.1) is 32.0 Å². The molecule has 0 saturated heterocycles. The molecule has 6 heteroatoms. The molecule has 7 N–H and O–H groups in total. The number of nitrogens with two attached hydrogens (primary N) is 2. The number of hydrogen-bond acceptors (Lipinski definition) is 6. The van der Waals surface area contributed by atoms with Gasteiger partial charge in [0.2, 0.25) is 0 Å². The van der Waals surface area contributed by atoms with Gasteiger partial charge in [-0.2, -0.15) is 0 Å². The summed E-state index contributed by atoms with van der Waals surface area (Å²) in [6.07, 6.45) is -0.738. The largest absolute Gasteiger partial charge is 0.395 e. The molecule has 0 heterocycles. The van der Waals surface area contributed by atoms with Crippen molar-refractivity contribution in [2.45, 2.75) is 12.1 Å². The predicted octanol–water partition coefficient (Wildman–Crippen LogP) is -2.77. The fourth-order valence-corrected chi connectivity index (χ4v) is 0.995. The van der Waals surface area contributed by atoms with E-state index in [0.29, 0.717) is 26.2 Å². The van der Waals surface area contributed by atoms with Gasteiger partial charge in [-0.15, -0.1) is 0 Å². The van der Waals surface area contributed by atoms with Crippen molar-refractivity contribution in [3.05, 3.63) is 0 Å². The van der Waals surface area contributed by atoms with Gasteiger partial charge in [0, 0.05) is 19.6 Å². The SMILES string of the molecule is NCCNC(CO)C(O)COCCN. The molecule has 0 bridgehead atoms. The lowest BCUT2D eigenvalue weighted by Crippen LogP contribution is -2.46. The second-order valence-electron chi connectivity index (χ2n) is 2.96. The summed E-state index contributed by atoms with van der Waals surface area (Å²) in [7, 11) is 0. The summed E-state index contributed by atoms with van der Waals surface area (Å²) >= 11 is 0. The van der Waals surface area contributed by atoms with Crippen LogP contribution in [0.2, 0.25) is 0 Å². The monoisotopic (exact) mass is 207 g/mol. The number of ether oxygens (including phenoxy) is 1. The van der Waals surface area contributed by atoms with Gasteiger partial charge in [0.25, 0.3) is 0 Å². The molecular weight excluding hydrogens is 186 g/mol. The normalized spacial score (nSPS) is 15.4. The molecule has 86 valence electrons. The van der Waals surface area contributed by atoms with Crippen LogP contribution in [0, 0.1) is 0 Å². The van der Waals surface area contributed by atoms with E-state index in [2.05, 4.69) is 5.32 Å². The van der Waals surface area contributed by atoms with Crippen molar-refractivity contribution in [3.63, 3.8) is 0 Å². The van der Waals surface area contributed by atoms with Gasteiger partial charge in [-0.05, 0) is 0 Å². The lowest BCUT2D eigenvalue weighted by molar-refractivity contribution is 0.00670. The molecule has 0 aliphatic heterocycles. The smallest absolute Gasteiger partial charge is 0.0948 e. The van der Waals surface area contributed by atoms with Crippen LogP contribution in [0.1, 0.15) is 0 Å². The number of rotatable bonds is 9. The third kappa shape index (κ3) is 6.25. The first-order chi connectivity index (χ1) is 6.76. The fourth-order valence-electron chi connectivity index (χ4n) is 0.995. The molecule has 0 fully saturated rings. The van der Waals surface area contributed by atoms with Gasteiger partial charge >= 0.3 is 0 Å². The van der Waals surface area contributed by atoms with Crippen molar-refractivity contribution in [1.82, 2.24) is 5.32 Å². The molecule has 0 aromatic rings. The maximum absolute atomic E-state index is 9.53. The lowest BCUT2D eigenvalue weighted by Gasteiger charge is -2.21. The summed E-state index contributed by atoms with van der Waals surface area (Å²) < 4.78 is 5.05. The summed E-state index contributed by atoms with van der Waals surface area (Å²) in [5.74, 6) is 0. The molecule has 0 amide bonds. The Bertz CT molecular complexity index is 126. The number of aliphatic hydroxyl groups excluding tert-OH is 2. The van der Waals surface area contributed by atoms with Crippen molar-refractivity contribution in [3.8, 4) is 0 Å². The van der Waals surface area contributed by atoms with Crippen LogP contribution >= 0.6 is 0 Å². The minimum Gasteiger partial charge on any atom is -0.395 e. The highest BCUT2D eigenvalue weighted by molar-refractivity contribution is 4.74. The van der Waals surface area contributed by atoms with E-state index < -0.39 is 12.1 Å². The lowest BCUT2D eigenvalue weighted by atomic mass is 10.2. The second-order valence-corrected chi connectivity index (χ2v) is 2.96. The summed E-state index contributed by atoms with van der Waals surface area (Å²) in [5.41, 5.74) is 10.5. The Morgan fingerprint density at radius 3 is 2.50 bits per heavy atom. The molecule has 0 rings (SSSR count). The van der Waals surface area contributed by atoms with Gasteiger partial charge in [-0.3, -0.25) is 0 Å². The Morgan fingerprint density at radius 2 is 2.00 bits per heavy atom. The van der Waals surface area contributed by atoms with E-state index in [1.54, 1.807) is 0 Å². The molecule has 0 aliphatic rings. The van der Waals surface area contributed by atoms with Gasteiger partial charge in [-0.25, -0.2) is 0 Å². The maximum atomic E-state index is 9.53. The number of hydrogen-bond donors (Lipinski definition) is 5. The topological polar surface area (TPSA) is 114 Å². The quantitative estimate of drug-likeness (QED) is 0.262. The Hall–Kier alpha value is -0.240. The van der Waals surface area contributed by atoms with E-state index >= 15 is 0 Å². The van der Waals surface area contributed by atoms with Gasteiger partial charge in [0.1, 0.15) is 0 Å². The first-order valence-corrected chi connectivity index (χ1v) is 4.76. The second kappa shape index (κ2) is 9.32. The molecule has 0 saturated carbocycles. The van der Waals surface area contributed by atoms with Gasteiger partial charge in [0.15, 0.2) is 0 Å². The highest BCUT2D eigenvalue weighted by Gasteiger charge is 2.17. The molecule has 14 heavy (non-hydrogen) atoms. The Kier molecular flexibility index (Phi) is 9.16. The molecule has 6 nitrogen and oxygen atoms in total. The number of nitrogens with one attached hydrogen (secondary N) is 1. The van der Waals surface area contributed by atoms with Crippen LogP contribution in [0.3, 0.4) is 0 Å². The standard InChI is InChI=1S/C8H21N3O3/c9-1-3-11-7(5-12)8(13)6-14-4-2-10/h7-8,11-13H,1-6,9-10H2. The van der Waals surface area contributed by atoms with Crippen LogP contribution in [-0.4, -0.2) is 61.8 Å². The molecule has 0 aliphatic carbocycles. The van der Waals surface area contributed by atoms with Crippen LogP contribution in [0.5, 0.6) is 0 Å². The van der Waals surface area contributed by atoms with E-state index in [0.717, 1.165) is 0 Å². The highest BCUT2D eigenvalue weighted by Crippen LogP contribution is 1.93. The maximum Gasteiger partial charge on any atom is 0.0948 e. The van der Waals surface area contributed by atoms with Crippen LogP contribution in [-0.2, 0) is 4.74 Å². The third-order valence-corrected chi connectivity index (χ3v) is 1.76. The van der Waals surface area contributed by atoms with Crippen LogP contribution in [0.4, 0.5) is 0 Å². The van der Waals surface area contributed by atoms with Crippen molar-refractivity contribution in [2.75, 3.05) is 39.5 Å². The van der Waals surface area contributed by atoms with Crippen molar-refractivity contribution < 1.29 is 14.9 Å². The first-order valence-electron chi connectivity index (χ1n) is 4.76. The molecule has 0 aromatic heterocycles. The Labute approximate surface area is 84.2 Å². The summed E-state index contributed by atoms with van der Waals surface area (Å²) in [6.45, 7) is 1.87. The average molecular weight is 207 g/mol. The van der Waals surface area contributed by atoms with Crippen molar-refractivity contribution >= 4 is 0 Å². The van der Waals surface area contributed by atoms with E-state index in [1.807, 2.05) is 0 Å². The zero-order valence-electron chi connectivity index (χ0n) is 8.35. The zero-order chi connectivity index (χ0) is 10.8. The summed E-state index contributed by atoms with van der Waals surface area (Å²) in [6, 6.07) is -0.392. The molecular formula is C8H21N3O3.